The zero-order chi connectivity index (χ0) is 24.2. The molecule has 0 bridgehead atoms. The zero-order valence-electron chi connectivity index (χ0n) is 18.3. The van der Waals surface area contributed by atoms with Crippen molar-refractivity contribution in [2.75, 3.05) is 38.5 Å². The van der Waals surface area contributed by atoms with Crippen LogP contribution in [0.25, 0.3) is 0 Å². The molecular weight excluding hydrogens is 437 g/mol. The normalized spacial score (nSPS) is 16.9. The number of rotatable bonds is 5. The minimum atomic E-state index is -4.50. The van der Waals surface area contributed by atoms with Crippen LogP contribution in [0.5, 0.6) is 0 Å². The topological polar surface area (TPSA) is 81.8 Å². The van der Waals surface area contributed by atoms with Crippen LogP contribution in [-0.2, 0) is 15.8 Å². The van der Waals surface area contributed by atoms with E-state index in [1.165, 1.54) is 26.1 Å². The molecule has 2 N–H and O–H groups in total. The smallest absolute Gasteiger partial charge is 0.355 e. The van der Waals surface area contributed by atoms with E-state index in [4.69, 9.17) is 0 Å². The van der Waals surface area contributed by atoms with Crippen molar-refractivity contribution < 1.29 is 27.6 Å². The Morgan fingerprint density at radius 3 is 2.45 bits per heavy atom. The van der Waals surface area contributed by atoms with Gasteiger partial charge in [0.05, 0.1) is 18.2 Å². The molecule has 1 aliphatic rings. The summed E-state index contributed by atoms with van der Waals surface area (Å²) < 4.78 is 38.7. The van der Waals surface area contributed by atoms with Gasteiger partial charge in [0, 0.05) is 44.9 Å². The quantitative estimate of drug-likeness (QED) is 0.716. The third-order valence-electron chi connectivity index (χ3n) is 5.47. The standard InChI is InChI=1S/C23H25F3N4O3/c1-15(31)30-10-9-29(13-20(30)16-5-3-6-17(11-16)22(33)27-2)14-21(32)28-19-8-4-7-18(12-19)23(24,25)26/h3-8,11-12,20H,9-10,13-14H2,1-2H3,(H,27,33)(H,28,32). The van der Waals surface area contributed by atoms with E-state index in [-0.39, 0.29) is 30.1 Å². The number of hydrogen-bond donors (Lipinski definition) is 2. The van der Waals surface area contributed by atoms with Gasteiger partial charge in [-0.3, -0.25) is 19.3 Å². The first-order valence-electron chi connectivity index (χ1n) is 10.4. The number of anilines is 1. The second-order valence-electron chi connectivity index (χ2n) is 7.79. The molecule has 3 rings (SSSR count). The predicted molar refractivity (Wildman–Crippen MR) is 116 cm³/mol. The lowest BCUT2D eigenvalue weighted by molar-refractivity contribution is -0.137. The molecule has 0 spiro atoms. The Bertz CT molecular complexity index is 1040. The highest BCUT2D eigenvalue weighted by Crippen LogP contribution is 2.31. The molecular formula is C23H25F3N4O3. The highest BCUT2D eigenvalue weighted by molar-refractivity contribution is 5.94. The van der Waals surface area contributed by atoms with Gasteiger partial charge in [-0.15, -0.1) is 0 Å². The van der Waals surface area contributed by atoms with Crippen LogP contribution in [0.2, 0.25) is 0 Å². The maximum atomic E-state index is 12.9. The number of hydrogen-bond acceptors (Lipinski definition) is 4. The van der Waals surface area contributed by atoms with Gasteiger partial charge in [-0.25, -0.2) is 0 Å². The van der Waals surface area contributed by atoms with Gasteiger partial charge in [-0.2, -0.15) is 13.2 Å². The van der Waals surface area contributed by atoms with Crippen molar-refractivity contribution in [1.82, 2.24) is 15.1 Å². The summed E-state index contributed by atoms with van der Waals surface area (Å²) in [7, 11) is 1.53. The molecule has 1 heterocycles. The Kier molecular flexibility index (Phi) is 7.37. The van der Waals surface area contributed by atoms with E-state index in [0.717, 1.165) is 17.7 Å². The molecule has 33 heavy (non-hydrogen) atoms. The molecule has 0 saturated carbocycles. The maximum absolute atomic E-state index is 12.9. The van der Waals surface area contributed by atoms with Crippen LogP contribution in [0.4, 0.5) is 18.9 Å². The molecule has 1 aliphatic heterocycles. The van der Waals surface area contributed by atoms with Crippen LogP contribution in [0, 0.1) is 0 Å². The number of alkyl halides is 3. The summed E-state index contributed by atoms with van der Waals surface area (Å²) in [5, 5.41) is 5.07. The van der Waals surface area contributed by atoms with E-state index in [0.29, 0.717) is 25.2 Å². The second-order valence-corrected chi connectivity index (χ2v) is 7.79. The van der Waals surface area contributed by atoms with Crippen LogP contribution < -0.4 is 10.6 Å². The summed E-state index contributed by atoms with van der Waals surface area (Å²) in [4.78, 5) is 40.2. The summed E-state index contributed by atoms with van der Waals surface area (Å²) >= 11 is 0. The van der Waals surface area contributed by atoms with E-state index in [1.54, 1.807) is 23.1 Å². The van der Waals surface area contributed by atoms with Gasteiger partial charge >= 0.3 is 6.18 Å². The molecule has 0 radical (unpaired) electrons. The predicted octanol–water partition coefficient (Wildman–Crippen LogP) is 2.91. The van der Waals surface area contributed by atoms with Crippen molar-refractivity contribution in [1.29, 1.82) is 0 Å². The van der Waals surface area contributed by atoms with Crippen LogP contribution in [-0.4, -0.2) is 60.7 Å². The molecule has 2 aromatic rings. The highest BCUT2D eigenvalue weighted by Gasteiger charge is 2.32. The second kappa shape index (κ2) is 10.0. The number of nitrogens with one attached hydrogen (secondary N) is 2. The van der Waals surface area contributed by atoms with E-state index in [9.17, 15) is 27.6 Å². The zero-order valence-corrected chi connectivity index (χ0v) is 18.3. The molecule has 1 unspecified atom stereocenters. The average molecular weight is 462 g/mol. The summed E-state index contributed by atoms with van der Waals surface area (Å²) in [6, 6.07) is 11.0. The molecule has 3 amide bonds. The number of carbonyl (C=O) groups excluding carboxylic acids is 3. The number of piperazine rings is 1. The third-order valence-corrected chi connectivity index (χ3v) is 5.47. The fourth-order valence-corrected chi connectivity index (χ4v) is 3.85. The van der Waals surface area contributed by atoms with Crippen LogP contribution in [0.1, 0.15) is 34.5 Å². The largest absolute Gasteiger partial charge is 0.416 e. The van der Waals surface area contributed by atoms with Crippen LogP contribution >= 0.6 is 0 Å². The van der Waals surface area contributed by atoms with Crippen molar-refractivity contribution in [3.05, 3.63) is 65.2 Å². The molecule has 1 atom stereocenters. The lowest BCUT2D eigenvalue weighted by Crippen LogP contribution is -2.51. The summed E-state index contributed by atoms with van der Waals surface area (Å²) in [5.41, 5.74) is 0.436. The van der Waals surface area contributed by atoms with Crippen molar-refractivity contribution in [2.45, 2.75) is 19.1 Å². The Labute approximate surface area is 189 Å². The molecule has 2 aromatic carbocycles. The number of amides is 3. The van der Waals surface area contributed by atoms with Crippen LogP contribution in [0.3, 0.4) is 0 Å². The lowest BCUT2D eigenvalue weighted by Gasteiger charge is -2.41. The maximum Gasteiger partial charge on any atom is 0.416 e. The van der Waals surface area contributed by atoms with Crippen molar-refractivity contribution in [2.24, 2.45) is 0 Å². The van der Waals surface area contributed by atoms with Gasteiger partial charge in [-0.1, -0.05) is 18.2 Å². The van der Waals surface area contributed by atoms with Crippen molar-refractivity contribution in [3.8, 4) is 0 Å². The minimum Gasteiger partial charge on any atom is -0.355 e. The first kappa shape index (κ1) is 24.2. The van der Waals surface area contributed by atoms with Gasteiger partial charge in [0.1, 0.15) is 0 Å². The van der Waals surface area contributed by atoms with Crippen molar-refractivity contribution >= 4 is 23.4 Å². The van der Waals surface area contributed by atoms with Gasteiger partial charge < -0.3 is 15.5 Å². The number of carbonyl (C=O) groups is 3. The summed E-state index contributed by atoms with van der Waals surface area (Å²) in [6.45, 7) is 2.56. The summed E-state index contributed by atoms with van der Waals surface area (Å²) in [5.74, 6) is -0.832. The monoisotopic (exact) mass is 462 g/mol. The number of benzene rings is 2. The lowest BCUT2D eigenvalue weighted by atomic mass is 9.99. The van der Waals surface area contributed by atoms with Gasteiger partial charge in [0.2, 0.25) is 11.8 Å². The van der Waals surface area contributed by atoms with E-state index in [1.807, 2.05) is 11.0 Å². The Morgan fingerprint density at radius 2 is 1.79 bits per heavy atom. The SMILES string of the molecule is CNC(=O)c1cccc(C2CN(CC(=O)Nc3cccc(C(F)(F)F)c3)CCN2C(C)=O)c1. The molecule has 0 aliphatic carbocycles. The Morgan fingerprint density at radius 1 is 1.06 bits per heavy atom. The van der Waals surface area contributed by atoms with Gasteiger partial charge in [0.25, 0.3) is 5.91 Å². The van der Waals surface area contributed by atoms with E-state index >= 15 is 0 Å². The first-order valence-corrected chi connectivity index (χ1v) is 10.4. The number of nitrogens with zero attached hydrogens (tertiary/aromatic N) is 2. The van der Waals surface area contributed by atoms with Gasteiger partial charge in [-0.05, 0) is 35.9 Å². The Hall–Kier alpha value is -3.40. The highest BCUT2D eigenvalue weighted by atomic mass is 19.4. The average Bonchev–Trinajstić information content (AvgIpc) is 2.78. The van der Waals surface area contributed by atoms with Crippen molar-refractivity contribution in [3.63, 3.8) is 0 Å². The molecule has 176 valence electrons. The fourth-order valence-electron chi connectivity index (χ4n) is 3.85. The molecule has 1 saturated heterocycles. The molecule has 10 heteroatoms. The molecule has 1 fully saturated rings. The third kappa shape index (κ3) is 6.10. The molecule has 0 aromatic heterocycles. The van der Waals surface area contributed by atoms with Crippen LogP contribution in [0.15, 0.2) is 48.5 Å². The minimum absolute atomic E-state index is 0.0480. The Balaban J connectivity index is 1.72. The molecule has 7 nitrogen and oxygen atoms in total. The van der Waals surface area contributed by atoms with E-state index in [2.05, 4.69) is 10.6 Å². The first-order chi connectivity index (χ1) is 15.6. The number of halogens is 3. The fraction of sp³-hybridized carbons (Fsp3) is 0.348. The van der Waals surface area contributed by atoms with Gasteiger partial charge in [0.15, 0.2) is 0 Å². The van der Waals surface area contributed by atoms with E-state index < -0.39 is 17.6 Å². The summed E-state index contributed by atoms with van der Waals surface area (Å²) in [6.07, 6.45) is -4.50.